The molecule has 0 N–H and O–H groups in total. The monoisotopic (exact) mass is 413 g/mol. The number of fused-ring (bicyclic) bond motifs is 1. The molecule has 0 spiro atoms. The van der Waals surface area contributed by atoms with E-state index < -0.39 is 11.7 Å². The maximum absolute atomic E-state index is 12.9. The Morgan fingerprint density at radius 1 is 0.800 bits per heavy atom. The first-order valence-electron chi connectivity index (χ1n) is 9.44. The second kappa shape index (κ2) is 7.78. The third kappa shape index (κ3) is 3.85. The molecular formula is C22H18F3N3O2. The molecule has 1 fully saturated rings. The van der Waals surface area contributed by atoms with E-state index in [0.29, 0.717) is 31.9 Å². The van der Waals surface area contributed by atoms with Gasteiger partial charge in [0.25, 0.3) is 11.8 Å². The zero-order valence-corrected chi connectivity index (χ0v) is 15.9. The summed E-state index contributed by atoms with van der Waals surface area (Å²) in [6.45, 7) is 1.26. The molecule has 2 heterocycles. The number of hydrogen-bond donors (Lipinski definition) is 0. The fourth-order valence-corrected chi connectivity index (χ4v) is 3.54. The van der Waals surface area contributed by atoms with E-state index >= 15 is 0 Å². The van der Waals surface area contributed by atoms with Crippen LogP contribution in [0.2, 0.25) is 0 Å². The van der Waals surface area contributed by atoms with Crippen LogP contribution in [-0.4, -0.2) is 52.8 Å². The largest absolute Gasteiger partial charge is 0.416 e. The summed E-state index contributed by atoms with van der Waals surface area (Å²) in [5, 5.41) is 1.69. The van der Waals surface area contributed by atoms with E-state index in [2.05, 4.69) is 4.98 Å². The summed E-state index contributed by atoms with van der Waals surface area (Å²) < 4.78 is 38.1. The summed E-state index contributed by atoms with van der Waals surface area (Å²) in [5.74, 6) is -0.549. The number of carbonyl (C=O) groups is 2. The minimum Gasteiger partial charge on any atom is -0.335 e. The molecule has 2 amide bonds. The van der Waals surface area contributed by atoms with E-state index in [1.807, 2.05) is 30.3 Å². The second-order valence-corrected chi connectivity index (χ2v) is 7.04. The first kappa shape index (κ1) is 19.9. The van der Waals surface area contributed by atoms with Crippen molar-refractivity contribution >= 4 is 22.6 Å². The highest BCUT2D eigenvalue weighted by molar-refractivity contribution is 6.05. The van der Waals surface area contributed by atoms with Crippen LogP contribution in [0.15, 0.2) is 60.8 Å². The Balaban J connectivity index is 1.43. The molecule has 1 aromatic heterocycles. The molecule has 4 rings (SSSR count). The summed E-state index contributed by atoms with van der Waals surface area (Å²) >= 11 is 0. The molecular weight excluding hydrogens is 395 g/mol. The van der Waals surface area contributed by atoms with Crippen LogP contribution in [0.25, 0.3) is 10.8 Å². The van der Waals surface area contributed by atoms with Gasteiger partial charge in [-0.15, -0.1) is 0 Å². The molecule has 0 bridgehead atoms. The third-order valence-corrected chi connectivity index (χ3v) is 5.19. The standard InChI is InChI=1S/C22H18F3N3O2/c23-22(24,25)17-7-5-16(6-8-17)20(29)27-11-13-28(14-12-27)21(30)19-18-4-2-1-3-15(18)9-10-26-19/h1-10H,11-14H2. The van der Waals surface area contributed by atoms with Gasteiger partial charge in [0, 0.05) is 43.3 Å². The molecule has 0 radical (unpaired) electrons. The number of alkyl halides is 3. The summed E-state index contributed by atoms with van der Waals surface area (Å²) in [5.41, 5.74) is -0.230. The highest BCUT2D eigenvalue weighted by atomic mass is 19.4. The van der Waals surface area contributed by atoms with Gasteiger partial charge in [0.1, 0.15) is 5.69 Å². The van der Waals surface area contributed by atoms with Gasteiger partial charge in [-0.2, -0.15) is 13.2 Å². The Morgan fingerprint density at radius 2 is 1.40 bits per heavy atom. The number of piperazine rings is 1. The molecule has 0 unspecified atom stereocenters. The fraction of sp³-hybridized carbons (Fsp3) is 0.227. The zero-order chi connectivity index (χ0) is 21.3. The summed E-state index contributed by atoms with van der Waals surface area (Å²) in [7, 11) is 0. The average molecular weight is 413 g/mol. The van der Waals surface area contributed by atoms with E-state index in [9.17, 15) is 22.8 Å². The van der Waals surface area contributed by atoms with Crippen LogP contribution >= 0.6 is 0 Å². The van der Waals surface area contributed by atoms with Crippen LogP contribution in [0.1, 0.15) is 26.4 Å². The second-order valence-electron chi connectivity index (χ2n) is 7.04. The van der Waals surface area contributed by atoms with Gasteiger partial charge >= 0.3 is 6.18 Å². The summed E-state index contributed by atoms with van der Waals surface area (Å²) in [4.78, 5) is 33.0. The van der Waals surface area contributed by atoms with Crippen molar-refractivity contribution in [3.05, 3.63) is 77.6 Å². The minimum absolute atomic E-state index is 0.193. The van der Waals surface area contributed by atoms with Crippen LogP contribution < -0.4 is 0 Å². The number of rotatable bonds is 2. The maximum Gasteiger partial charge on any atom is 0.416 e. The summed E-state index contributed by atoms with van der Waals surface area (Å²) in [6, 6.07) is 13.5. The van der Waals surface area contributed by atoms with Crippen LogP contribution in [0.5, 0.6) is 0 Å². The highest BCUT2D eigenvalue weighted by Gasteiger charge is 2.31. The van der Waals surface area contributed by atoms with Crippen molar-refractivity contribution in [2.45, 2.75) is 6.18 Å². The minimum atomic E-state index is -4.44. The molecule has 8 heteroatoms. The molecule has 1 saturated heterocycles. The SMILES string of the molecule is O=C(c1ccc(C(F)(F)F)cc1)N1CCN(C(=O)c2nccc3ccccc23)CC1. The number of carbonyl (C=O) groups excluding carboxylic acids is 2. The lowest BCUT2D eigenvalue weighted by Crippen LogP contribution is -2.50. The number of halogens is 3. The Labute approximate surface area is 170 Å². The van der Waals surface area contributed by atoms with Gasteiger partial charge in [0.2, 0.25) is 0 Å². The van der Waals surface area contributed by atoms with Crippen LogP contribution in [0.3, 0.4) is 0 Å². The van der Waals surface area contributed by atoms with Crippen molar-refractivity contribution in [2.75, 3.05) is 26.2 Å². The Morgan fingerprint density at radius 3 is 2.03 bits per heavy atom. The molecule has 5 nitrogen and oxygen atoms in total. The molecule has 1 aliphatic rings. The average Bonchev–Trinajstić information content (AvgIpc) is 2.77. The van der Waals surface area contributed by atoms with Gasteiger partial charge in [-0.3, -0.25) is 14.6 Å². The van der Waals surface area contributed by atoms with Crippen molar-refractivity contribution in [3.8, 4) is 0 Å². The van der Waals surface area contributed by atoms with E-state index in [-0.39, 0.29) is 17.4 Å². The summed E-state index contributed by atoms with van der Waals surface area (Å²) in [6.07, 6.45) is -2.84. The van der Waals surface area contributed by atoms with Gasteiger partial charge in [0.15, 0.2) is 0 Å². The van der Waals surface area contributed by atoms with Crippen LogP contribution in [-0.2, 0) is 6.18 Å². The molecule has 0 aliphatic carbocycles. The third-order valence-electron chi connectivity index (χ3n) is 5.19. The normalized spacial score (nSPS) is 14.8. The van der Waals surface area contributed by atoms with Crippen molar-refractivity contribution in [1.82, 2.24) is 14.8 Å². The molecule has 154 valence electrons. The van der Waals surface area contributed by atoms with E-state index in [4.69, 9.17) is 0 Å². The highest BCUT2D eigenvalue weighted by Crippen LogP contribution is 2.29. The van der Waals surface area contributed by atoms with Crippen molar-refractivity contribution < 1.29 is 22.8 Å². The fourth-order valence-electron chi connectivity index (χ4n) is 3.54. The van der Waals surface area contributed by atoms with E-state index in [1.54, 1.807) is 16.0 Å². The number of benzene rings is 2. The molecule has 0 atom stereocenters. The Kier molecular flexibility index (Phi) is 5.15. The molecule has 0 saturated carbocycles. The number of pyridine rings is 1. The van der Waals surface area contributed by atoms with E-state index in [1.165, 1.54) is 12.1 Å². The van der Waals surface area contributed by atoms with Gasteiger partial charge in [-0.25, -0.2) is 0 Å². The molecule has 30 heavy (non-hydrogen) atoms. The Hall–Kier alpha value is -3.42. The zero-order valence-electron chi connectivity index (χ0n) is 15.9. The van der Waals surface area contributed by atoms with Crippen LogP contribution in [0, 0.1) is 0 Å². The molecule has 3 aromatic rings. The number of nitrogens with zero attached hydrogens (tertiary/aromatic N) is 3. The molecule has 1 aliphatic heterocycles. The van der Waals surface area contributed by atoms with E-state index in [0.717, 1.165) is 22.9 Å². The Bertz CT molecular complexity index is 1080. The maximum atomic E-state index is 12.9. The van der Waals surface area contributed by atoms with Gasteiger partial charge in [-0.05, 0) is 35.7 Å². The topological polar surface area (TPSA) is 53.5 Å². The van der Waals surface area contributed by atoms with Gasteiger partial charge in [0.05, 0.1) is 5.56 Å². The molecule has 2 aromatic carbocycles. The smallest absolute Gasteiger partial charge is 0.335 e. The lowest BCUT2D eigenvalue weighted by Gasteiger charge is -2.34. The quantitative estimate of drug-likeness (QED) is 0.641. The van der Waals surface area contributed by atoms with Crippen molar-refractivity contribution in [3.63, 3.8) is 0 Å². The van der Waals surface area contributed by atoms with Crippen molar-refractivity contribution in [1.29, 1.82) is 0 Å². The number of hydrogen-bond acceptors (Lipinski definition) is 3. The predicted octanol–water partition coefficient (Wildman–Crippen LogP) is 3.85. The lowest BCUT2D eigenvalue weighted by molar-refractivity contribution is -0.137. The van der Waals surface area contributed by atoms with Gasteiger partial charge in [-0.1, -0.05) is 24.3 Å². The first-order chi connectivity index (χ1) is 14.3. The number of amides is 2. The van der Waals surface area contributed by atoms with Crippen LogP contribution in [0.4, 0.5) is 13.2 Å². The number of aromatic nitrogens is 1. The lowest BCUT2D eigenvalue weighted by atomic mass is 10.1. The van der Waals surface area contributed by atoms with Crippen molar-refractivity contribution in [2.24, 2.45) is 0 Å². The first-order valence-corrected chi connectivity index (χ1v) is 9.44. The predicted molar refractivity (Wildman–Crippen MR) is 105 cm³/mol. The van der Waals surface area contributed by atoms with Gasteiger partial charge < -0.3 is 9.80 Å².